The molecule has 0 atom stereocenters. The monoisotopic (exact) mass is 1050 g/mol. The van der Waals surface area contributed by atoms with Gasteiger partial charge in [-0.15, -0.1) is 0 Å². The molecular weight excluding hydrogens is 967 g/mol. The lowest BCUT2D eigenvalue weighted by molar-refractivity contribution is -0.137. The maximum absolute atomic E-state index is 13.0. The van der Waals surface area contributed by atoms with Crippen LogP contribution in [0.2, 0.25) is 0 Å². The summed E-state index contributed by atoms with van der Waals surface area (Å²) in [6.07, 6.45) is 3.83. The summed E-state index contributed by atoms with van der Waals surface area (Å²) in [5.41, 5.74) is -1.12. The molecule has 2 N–H and O–H groups in total. The molecule has 73 heavy (non-hydrogen) atoms. The molecule has 24 heteroatoms. The normalized spacial score (nSPS) is 12.6. The van der Waals surface area contributed by atoms with Crippen molar-refractivity contribution >= 4 is 41.0 Å². The molecule has 1 aliphatic heterocycles. The van der Waals surface area contributed by atoms with E-state index in [0.29, 0.717) is 139 Å². The Bertz CT molecular complexity index is 1430. The van der Waals surface area contributed by atoms with E-state index < -0.39 is 17.4 Å². The zero-order valence-electron chi connectivity index (χ0n) is 43.6. The second-order valence-corrected chi connectivity index (χ2v) is 16.4. The zero-order chi connectivity index (χ0) is 53.3. The number of nitrogens with zero attached hydrogens (tertiary/aromatic N) is 1. The summed E-state index contributed by atoms with van der Waals surface area (Å²) in [4.78, 5) is 83.0. The van der Waals surface area contributed by atoms with Gasteiger partial charge in [-0.25, -0.2) is 0 Å². The van der Waals surface area contributed by atoms with Crippen molar-refractivity contribution in [1.29, 1.82) is 0 Å². The van der Waals surface area contributed by atoms with Crippen LogP contribution in [0.3, 0.4) is 0 Å². The van der Waals surface area contributed by atoms with Gasteiger partial charge < -0.3 is 76.9 Å². The molecule has 1 rings (SSSR count). The van der Waals surface area contributed by atoms with Crippen LogP contribution in [0.5, 0.6) is 0 Å². The Morgan fingerprint density at radius 1 is 0.384 bits per heavy atom. The SMILES string of the molecule is CC(=O)CCOCC(COCCC(C)=O)(COCCC(C)=O)NC(=O)CCOCCOCCOCCOCCCOCCOCCOCCOCCOCCOCCOCCNC(=O)CCN1C(=O)C=CC1=O. The standard InChI is InChI=1S/C49H85N3O21/c1-42(53)8-16-71-39-49(40-72-17-9-43(2)54,41-73-18-10-44(3)55)51-46(57)11-19-62-23-27-66-31-29-64-25-21-60-14-4-15-61-22-26-65-30-33-68-35-37-70-38-36-69-34-32-67-28-24-63-20-12-50-45(56)7-13-52-47(58)5-6-48(52)59/h5-6H,4,7-41H2,1-3H3,(H,50,56)(H,51,57). The van der Waals surface area contributed by atoms with Crippen molar-refractivity contribution in [3.63, 3.8) is 0 Å². The largest absolute Gasteiger partial charge is 0.379 e. The highest BCUT2D eigenvalue weighted by Crippen LogP contribution is 2.12. The first kappa shape index (κ1) is 67.3. The smallest absolute Gasteiger partial charge is 0.253 e. The summed E-state index contributed by atoms with van der Waals surface area (Å²) in [6.45, 7) is 14.2. The highest BCUT2D eigenvalue weighted by molar-refractivity contribution is 6.13. The van der Waals surface area contributed by atoms with Crippen LogP contribution in [-0.2, 0) is 99.9 Å². The number of hydrogen-bond acceptors (Lipinski definition) is 21. The van der Waals surface area contributed by atoms with E-state index in [-0.39, 0.29) is 121 Å². The molecule has 0 saturated carbocycles. The first-order chi connectivity index (χ1) is 35.4. The van der Waals surface area contributed by atoms with Crippen LogP contribution in [0, 0.1) is 0 Å². The van der Waals surface area contributed by atoms with E-state index in [9.17, 15) is 33.6 Å². The van der Waals surface area contributed by atoms with Crippen molar-refractivity contribution < 1.29 is 99.9 Å². The third kappa shape index (κ3) is 43.2. The topological polar surface area (TPSA) is 276 Å². The summed E-state index contributed by atoms with van der Waals surface area (Å²) < 4.78 is 77.8. The molecule has 0 fully saturated rings. The average molecular weight is 1050 g/mol. The van der Waals surface area contributed by atoms with E-state index in [1.807, 2.05) is 0 Å². The number of imide groups is 1. The average Bonchev–Trinajstić information content (AvgIpc) is 3.68. The Hall–Kier alpha value is -3.73. The molecule has 0 saturated heterocycles. The van der Waals surface area contributed by atoms with Gasteiger partial charge in [-0.05, 0) is 27.2 Å². The lowest BCUT2D eigenvalue weighted by atomic mass is 10.0. The minimum atomic E-state index is -1.12. The summed E-state index contributed by atoms with van der Waals surface area (Å²) in [7, 11) is 0. The molecule has 1 aliphatic rings. The number of carbonyl (C=O) groups excluding carboxylic acids is 7. The minimum Gasteiger partial charge on any atom is -0.379 e. The molecule has 4 amide bonds. The van der Waals surface area contributed by atoms with Crippen LogP contribution in [0.1, 0.15) is 59.3 Å². The molecule has 0 spiro atoms. The molecule has 0 radical (unpaired) electrons. The van der Waals surface area contributed by atoms with Crippen LogP contribution < -0.4 is 10.6 Å². The van der Waals surface area contributed by atoms with Crippen LogP contribution in [0.25, 0.3) is 0 Å². The number of nitrogens with one attached hydrogen (secondary N) is 2. The lowest BCUT2D eigenvalue weighted by Gasteiger charge is -2.34. The Labute approximate surface area is 430 Å². The molecule has 0 aromatic rings. The van der Waals surface area contributed by atoms with Gasteiger partial charge in [0.2, 0.25) is 11.8 Å². The second kappa shape index (κ2) is 47.9. The van der Waals surface area contributed by atoms with Crippen molar-refractivity contribution in [3.05, 3.63) is 12.2 Å². The zero-order valence-corrected chi connectivity index (χ0v) is 43.6. The highest BCUT2D eigenvalue weighted by Gasteiger charge is 2.34. The van der Waals surface area contributed by atoms with Crippen LogP contribution in [0.15, 0.2) is 12.2 Å². The van der Waals surface area contributed by atoms with Gasteiger partial charge in [0.15, 0.2) is 0 Å². The second-order valence-electron chi connectivity index (χ2n) is 16.4. The summed E-state index contributed by atoms with van der Waals surface area (Å²) in [5.74, 6) is -1.52. The van der Waals surface area contributed by atoms with Gasteiger partial charge >= 0.3 is 0 Å². The third-order valence-corrected chi connectivity index (χ3v) is 9.77. The molecule has 24 nitrogen and oxygen atoms in total. The number of Topliss-reactive ketones (excluding diaryl/α,β-unsaturated/α-hetero) is 3. The minimum absolute atomic E-state index is 0.00572. The van der Waals surface area contributed by atoms with Crippen molar-refractivity contribution in [2.75, 3.05) is 198 Å². The first-order valence-corrected chi connectivity index (χ1v) is 25.1. The predicted molar refractivity (Wildman–Crippen MR) is 261 cm³/mol. The fraction of sp³-hybridized carbons (Fsp3) is 0.816. The molecule has 0 bridgehead atoms. The van der Waals surface area contributed by atoms with Crippen molar-refractivity contribution in [2.45, 2.75) is 64.8 Å². The molecule has 0 unspecified atom stereocenters. The number of amides is 4. The van der Waals surface area contributed by atoms with E-state index >= 15 is 0 Å². The van der Waals surface area contributed by atoms with Gasteiger partial charge in [-0.2, -0.15) is 0 Å². The summed E-state index contributed by atoms with van der Waals surface area (Å²) >= 11 is 0. The third-order valence-electron chi connectivity index (χ3n) is 9.77. The van der Waals surface area contributed by atoms with Crippen LogP contribution >= 0.6 is 0 Å². The predicted octanol–water partition coefficient (Wildman–Crippen LogP) is 0.223. The maximum Gasteiger partial charge on any atom is 0.253 e. The van der Waals surface area contributed by atoms with Crippen molar-refractivity contribution in [2.24, 2.45) is 0 Å². The molecule has 0 aromatic carbocycles. The molecule has 422 valence electrons. The highest BCUT2D eigenvalue weighted by atomic mass is 16.6. The van der Waals surface area contributed by atoms with E-state index in [0.717, 1.165) is 11.3 Å². The number of ether oxygens (including phenoxy) is 14. The number of hydrogen-bond donors (Lipinski definition) is 2. The Balaban J connectivity index is 1.87. The van der Waals surface area contributed by atoms with E-state index in [1.165, 1.54) is 32.9 Å². The van der Waals surface area contributed by atoms with Gasteiger partial charge in [0, 0.05) is 70.6 Å². The lowest BCUT2D eigenvalue weighted by Crippen LogP contribution is -2.59. The van der Waals surface area contributed by atoms with E-state index in [4.69, 9.17) is 66.3 Å². The van der Waals surface area contributed by atoms with Gasteiger partial charge in [0.25, 0.3) is 11.8 Å². The van der Waals surface area contributed by atoms with Gasteiger partial charge in [-0.3, -0.25) is 38.5 Å². The molecule has 0 aromatic heterocycles. The quantitative estimate of drug-likeness (QED) is 0.0609. The van der Waals surface area contributed by atoms with Gasteiger partial charge in [0.1, 0.15) is 22.9 Å². The fourth-order valence-corrected chi connectivity index (χ4v) is 5.87. The Morgan fingerprint density at radius 3 is 1.03 bits per heavy atom. The first-order valence-electron chi connectivity index (χ1n) is 25.1. The Kier molecular flexibility index (Phi) is 44.2. The molecule has 0 aliphatic carbocycles. The van der Waals surface area contributed by atoms with E-state index in [2.05, 4.69) is 10.6 Å². The van der Waals surface area contributed by atoms with Crippen molar-refractivity contribution in [3.8, 4) is 0 Å². The number of rotatable bonds is 56. The van der Waals surface area contributed by atoms with Gasteiger partial charge in [-0.1, -0.05) is 0 Å². The summed E-state index contributed by atoms with van der Waals surface area (Å²) in [5, 5.41) is 5.61. The van der Waals surface area contributed by atoms with Gasteiger partial charge in [0.05, 0.1) is 172 Å². The number of carbonyl (C=O) groups is 7. The fourth-order valence-electron chi connectivity index (χ4n) is 5.87. The Morgan fingerprint density at radius 2 is 0.685 bits per heavy atom. The van der Waals surface area contributed by atoms with E-state index in [1.54, 1.807) is 0 Å². The molecule has 1 heterocycles. The summed E-state index contributed by atoms with van der Waals surface area (Å²) in [6, 6.07) is 0. The van der Waals surface area contributed by atoms with Crippen LogP contribution in [0.4, 0.5) is 0 Å². The number of ketones is 3. The maximum atomic E-state index is 13.0. The van der Waals surface area contributed by atoms with Crippen molar-refractivity contribution in [1.82, 2.24) is 15.5 Å². The molecular formula is C49H85N3O21. The van der Waals surface area contributed by atoms with Crippen LogP contribution in [-0.4, -0.2) is 249 Å².